The fourth-order valence-electron chi connectivity index (χ4n) is 1.46. The normalized spacial score (nSPS) is 10.4. The molecule has 2 rings (SSSR count). The Hall–Kier alpha value is 0.460. The van der Waals surface area contributed by atoms with E-state index in [1.54, 1.807) is 0 Å². The summed E-state index contributed by atoms with van der Waals surface area (Å²) in [5.41, 5.74) is 0. The summed E-state index contributed by atoms with van der Waals surface area (Å²) in [7, 11) is -1.61. The molecule has 0 saturated heterocycles. The lowest BCUT2D eigenvalue weighted by Crippen LogP contribution is -2.07. The van der Waals surface area contributed by atoms with Crippen LogP contribution in [0.2, 0.25) is 0 Å². The van der Waals surface area contributed by atoms with Gasteiger partial charge in [0.25, 0.3) is 0 Å². The Morgan fingerprint density at radius 3 is 1.17 bits per heavy atom. The standard InChI is InChI=1S/C12H6Br4OP/c13-7-1-8(14)4-11(3-7)18(17)12-5-9(15)2-10(16)6-12/h1-6H/q+1. The van der Waals surface area contributed by atoms with Crippen LogP contribution in [-0.4, -0.2) is 0 Å². The van der Waals surface area contributed by atoms with Crippen LogP contribution in [0.1, 0.15) is 0 Å². The SMILES string of the molecule is O=[P+](c1cc(Br)cc(Br)c1)c1cc(Br)cc(Br)c1. The third-order valence-electron chi connectivity index (χ3n) is 2.16. The van der Waals surface area contributed by atoms with E-state index >= 15 is 0 Å². The minimum Gasteiger partial charge on any atom is -0.0613 e. The highest BCUT2D eigenvalue weighted by atomic mass is 79.9. The van der Waals surface area contributed by atoms with Crippen LogP contribution in [0.3, 0.4) is 0 Å². The van der Waals surface area contributed by atoms with Crippen molar-refractivity contribution in [3.8, 4) is 0 Å². The molecule has 18 heavy (non-hydrogen) atoms. The van der Waals surface area contributed by atoms with E-state index in [4.69, 9.17) is 0 Å². The predicted molar refractivity (Wildman–Crippen MR) is 90.6 cm³/mol. The Kier molecular flexibility index (Phi) is 5.18. The van der Waals surface area contributed by atoms with E-state index in [1.807, 2.05) is 36.4 Å². The molecule has 0 amide bonds. The Morgan fingerprint density at radius 1 is 0.611 bits per heavy atom. The van der Waals surface area contributed by atoms with Gasteiger partial charge < -0.3 is 0 Å². The lowest BCUT2D eigenvalue weighted by molar-refractivity contribution is 0.598. The summed E-state index contributed by atoms with van der Waals surface area (Å²) >= 11 is 13.6. The highest BCUT2D eigenvalue weighted by Crippen LogP contribution is 2.27. The molecule has 6 heteroatoms. The molecule has 0 N–H and O–H groups in total. The van der Waals surface area contributed by atoms with Gasteiger partial charge in [-0.3, -0.25) is 0 Å². The molecule has 2 aromatic carbocycles. The highest BCUT2D eigenvalue weighted by molar-refractivity contribution is 9.11. The van der Waals surface area contributed by atoms with Crippen molar-refractivity contribution in [3.63, 3.8) is 0 Å². The summed E-state index contributed by atoms with van der Waals surface area (Å²) in [6, 6.07) is 11.3. The van der Waals surface area contributed by atoms with Crippen LogP contribution in [0.4, 0.5) is 0 Å². The maximum Gasteiger partial charge on any atom is 0.415 e. The monoisotopic (exact) mass is 513 g/mol. The summed E-state index contributed by atoms with van der Waals surface area (Å²) in [4.78, 5) is 0. The van der Waals surface area contributed by atoms with Crippen molar-refractivity contribution >= 4 is 82.1 Å². The number of hydrogen-bond donors (Lipinski definition) is 0. The van der Waals surface area contributed by atoms with Crippen LogP contribution < -0.4 is 10.6 Å². The Balaban J connectivity index is 2.47. The molecule has 92 valence electrons. The van der Waals surface area contributed by atoms with Gasteiger partial charge in [0.15, 0.2) is 10.6 Å². The van der Waals surface area contributed by atoms with E-state index in [9.17, 15) is 4.57 Å². The van der Waals surface area contributed by atoms with Gasteiger partial charge in [-0.25, -0.2) is 0 Å². The van der Waals surface area contributed by atoms with Gasteiger partial charge in [0.05, 0.1) is 0 Å². The molecule has 0 aromatic heterocycles. The lowest BCUT2D eigenvalue weighted by atomic mass is 10.4. The first-order valence-corrected chi connectivity index (χ1v) is 9.28. The summed E-state index contributed by atoms with van der Waals surface area (Å²) in [5.74, 6) is 0. The second kappa shape index (κ2) is 6.27. The number of hydrogen-bond acceptors (Lipinski definition) is 1. The van der Waals surface area contributed by atoms with Gasteiger partial charge in [0.2, 0.25) is 0 Å². The van der Waals surface area contributed by atoms with Gasteiger partial charge in [-0.15, -0.1) is 0 Å². The van der Waals surface area contributed by atoms with Crippen molar-refractivity contribution in [2.24, 2.45) is 0 Å². The third kappa shape index (κ3) is 3.73. The fourth-order valence-corrected chi connectivity index (χ4v) is 6.08. The summed E-state index contributed by atoms with van der Waals surface area (Å²) in [6.45, 7) is 0. The molecular weight excluding hydrogens is 511 g/mol. The molecule has 0 fully saturated rings. The van der Waals surface area contributed by atoms with E-state index < -0.39 is 7.80 Å². The summed E-state index contributed by atoms with van der Waals surface area (Å²) < 4.78 is 16.1. The van der Waals surface area contributed by atoms with Crippen molar-refractivity contribution in [3.05, 3.63) is 54.3 Å². The quantitative estimate of drug-likeness (QED) is 0.481. The average Bonchev–Trinajstić information content (AvgIpc) is 2.25. The van der Waals surface area contributed by atoms with Gasteiger partial charge >= 0.3 is 7.80 Å². The zero-order chi connectivity index (χ0) is 13.3. The zero-order valence-electron chi connectivity index (χ0n) is 8.83. The minimum atomic E-state index is -1.61. The maximum atomic E-state index is 12.5. The molecule has 0 unspecified atom stereocenters. The first kappa shape index (κ1) is 14.9. The first-order valence-electron chi connectivity index (χ1n) is 4.85. The van der Waals surface area contributed by atoms with Gasteiger partial charge in [-0.05, 0) is 12.1 Å². The second-order valence-electron chi connectivity index (χ2n) is 3.55. The summed E-state index contributed by atoms with van der Waals surface area (Å²) in [6.07, 6.45) is 0. The third-order valence-corrected chi connectivity index (χ3v) is 5.45. The molecule has 0 heterocycles. The lowest BCUT2D eigenvalue weighted by Gasteiger charge is -1.96. The molecule has 0 atom stereocenters. The van der Waals surface area contributed by atoms with Crippen LogP contribution in [0, 0.1) is 0 Å². The molecule has 0 aliphatic rings. The molecule has 0 spiro atoms. The topological polar surface area (TPSA) is 17.1 Å². The van der Waals surface area contributed by atoms with Gasteiger partial charge in [-0.2, -0.15) is 0 Å². The molecule has 0 aliphatic heterocycles. The van der Waals surface area contributed by atoms with E-state index in [0.717, 1.165) is 28.5 Å². The van der Waals surface area contributed by atoms with Crippen LogP contribution in [0.15, 0.2) is 54.3 Å². The Labute approximate surface area is 140 Å². The first-order chi connectivity index (χ1) is 8.45. The minimum absolute atomic E-state index is 0.788. The molecule has 0 bridgehead atoms. The molecular formula is C12H6Br4OP+. The van der Waals surface area contributed by atoms with Crippen molar-refractivity contribution < 1.29 is 4.57 Å². The number of rotatable bonds is 2. The largest absolute Gasteiger partial charge is 0.415 e. The molecule has 0 aliphatic carbocycles. The van der Waals surface area contributed by atoms with Crippen molar-refractivity contribution in [2.75, 3.05) is 0 Å². The zero-order valence-corrected chi connectivity index (χ0v) is 16.1. The average molecular weight is 517 g/mol. The van der Waals surface area contributed by atoms with E-state index in [-0.39, 0.29) is 0 Å². The van der Waals surface area contributed by atoms with Gasteiger partial charge in [0.1, 0.15) is 0 Å². The Bertz CT molecular complexity index is 533. The predicted octanol–water partition coefficient (Wildman–Crippen LogP) is 5.51. The van der Waals surface area contributed by atoms with Crippen LogP contribution in [0.5, 0.6) is 0 Å². The van der Waals surface area contributed by atoms with E-state index in [1.165, 1.54) is 0 Å². The van der Waals surface area contributed by atoms with E-state index in [2.05, 4.69) is 63.7 Å². The van der Waals surface area contributed by atoms with Crippen molar-refractivity contribution in [2.45, 2.75) is 0 Å². The van der Waals surface area contributed by atoms with Crippen LogP contribution in [0.25, 0.3) is 0 Å². The van der Waals surface area contributed by atoms with Crippen LogP contribution in [-0.2, 0) is 4.57 Å². The highest BCUT2D eigenvalue weighted by Gasteiger charge is 2.25. The van der Waals surface area contributed by atoms with Gasteiger partial charge in [0, 0.05) is 42.2 Å². The number of halogens is 4. The molecule has 0 saturated carbocycles. The molecule has 0 radical (unpaired) electrons. The number of benzene rings is 2. The fraction of sp³-hybridized carbons (Fsp3) is 0. The molecule has 1 nitrogen and oxygen atoms in total. The van der Waals surface area contributed by atoms with Gasteiger partial charge in [-0.1, -0.05) is 68.3 Å². The summed E-state index contributed by atoms with van der Waals surface area (Å²) in [5, 5.41) is 1.58. The Morgan fingerprint density at radius 2 is 0.889 bits per heavy atom. The second-order valence-corrected chi connectivity index (χ2v) is 8.83. The van der Waals surface area contributed by atoms with Crippen molar-refractivity contribution in [1.29, 1.82) is 0 Å². The maximum absolute atomic E-state index is 12.5. The van der Waals surface area contributed by atoms with Crippen molar-refractivity contribution in [1.82, 2.24) is 0 Å². The smallest absolute Gasteiger partial charge is 0.0613 e. The van der Waals surface area contributed by atoms with E-state index in [0.29, 0.717) is 0 Å². The molecule has 2 aromatic rings. The van der Waals surface area contributed by atoms with Crippen LogP contribution >= 0.6 is 71.5 Å².